The van der Waals surface area contributed by atoms with E-state index in [1.54, 1.807) is 0 Å². The molecule has 0 aliphatic carbocycles. The quantitative estimate of drug-likeness (QED) is 0.323. The van der Waals surface area contributed by atoms with Crippen LogP contribution in [0.25, 0.3) is 0 Å². The van der Waals surface area contributed by atoms with Crippen LogP contribution < -0.4 is 0 Å². The summed E-state index contributed by atoms with van der Waals surface area (Å²) >= 11 is 0. The van der Waals surface area contributed by atoms with E-state index in [9.17, 15) is 0 Å². The van der Waals surface area contributed by atoms with Crippen LogP contribution in [0.5, 0.6) is 0 Å². The molecule has 6 heteroatoms. The third kappa shape index (κ3) is 5.60. The van der Waals surface area contributed by atoms with E-state index in [-0.39, 0.29) is 36.8 Å². The molecular weight excluding hydrogens is 354 g/mol. The number of hydrogen-bond acceptors (Lipinski definition) is 3. The van der Waals surface area contributed by atoms with Crippen LogP contribution in [0.15, 0.2) is 12.2 Å². The molecule has 3 nitrogen and oxygen atoms in total. The van der Waals surface area contributed by atoms with Crippen LogP contribution in [0.2, 0.25) is 18.1 Å². The van der Waals surface area contributed by atoms with Crippen LogP contribution in [-0.2, 0) is 13.9 Å². The second-order valence-electron chi connectivity index (χ2n) is 8.89. The summed E-state index contributed by atoms with van der Waals surface area (Å²) < 4.78 is 18.9. The molecule has 0 amide bonds. The van der Waals surface area contributed by atoms with Gasteiger partial charge in [-0.05, 0) is 39.3 Å². The molecule has 3 unspecified atom stereocenters. The third-order valence-corrected chi connectivity index (χ3v) is 11.5. The van der Waals surface area contributed by atoms with Crippen molar-refractivity contribution in [2.24, 2.45) is 11.8 Å². The summed E-state index contributed by atoms with van der Waals surface area (Å²) in [6.45, 7) is 25.1. The van der Waals surface area contributed by atoms with Gasteiger partial charge in [-0.25, -0.2) is 0 Å². The summed E-state index contributed by atoms with van der Waals surface area (Å²) in [7, 11) is 0.630. The molecule has 0 bridgehead atoms. The maximum absolute atomic E-state index is 6.74. The predicted octanol–water partition coefficient (Wildman–Crippen LogP) is 5.83. The topological polar surface area (TPSA) is 27.7 Å². The Bertz CT molecular complexity index is 434. The van der Waals surface area contributed by atoms with Crippen LogP contribution in [0, 0.1) is 11.8 Å². The van der Waals surface area contributed by atoms with Crippen molar-refractivity contribution in [1.82, 2.24) is 0 Å². The van der Waals surface area contributed by atoms with Crippen LogP contribution in [0.1, 0.15) is 41.5 Å². The number of rotatable bonds is 6. The Hall–Kier alpha value is 0.697. The molecule has 1 fully saturated rings. The van der Waals surface area contributed by atoms with Crippen molar-refractivity contribution < 1.29 is 13.9 Å². The average Bonchev–Trinajstić information content (AvgIpc) is 2.42. The highest BCUT2D eigenvalue weighted by molar-refractivity contribution is 8.13. The fourth-order valence-electron chi connectivity index (χ4n) is 2.82. The molecule has 0 aromatic carbocycles. The molecule has 1 aliphatic heterocycles. The maximum Gasteiger partial charge on any atom is 0.192 e. The highest BCUT2D eigenvalue weighted by atomic mass is 32.0. The van der Waals surface area contributed by atoms with E-state index in [2.05, 4.69) is 76.8 Å². The molecule has 7 atom stereocenters. The minimum atomic E-state index is -1.87. The summed E-state index contributed by atoms with van der Waals surface area (Å²) in [6, 6.07) is -0.0905. The molecule has 0 radical (unpaired) electrons. The summed E-state index contributed by atoms with van der Waals surface area (Å²) in [5, 5.41) is 0.183. The lowest BCUT2D eigenvalue weighted by atomic mass is 9.87. The Labute approximate surface area is 154 Å². The van der Waals surface area contributed by atoms with Gasteiger partial charge in [0.1, 0.15) is 0 Å². The second kappa shape index (κ2) is 8.59. The fraction of sp³-hybridized carbons (Fsp3) is 0.889. The van der Waals surface area contributed by atoms with Gasteiger partial charge >= 0.3 is 0 Å². The van der Waals surface area contributed by atoms with Crippen molar-refractivity contribution >= 4 is 24.9 Å². The van der Waals surface area contributed by atoms with E-state index in [1.165, 1.54) is 0 Å². The second-order valence-corrected chi connectivity index (χ2v) is 17.8. The molecule has 0 aromatic heterocycles. The Kier molecular flexibility index (Phi) is 8.14. The lowest BCUT2D eigenvalue weighted by Crippen LogP contribution is -2.50. The minimum Gasteiger partial charge on any atom is -0.410 e. The lowest BCUT2D eigenvalue weighted by molar-refractivity contribution is -0.209. The van der Waals surface area contributed by atoms with Gasteiger partial charge in [-0.3, -0.25) is 0 Å². The summed E-state index contributed by atoms with van der Waals surface area (Å²) in [5.41, 5.74) is 1.09. The summed E-state index contributed by atoms with van der Waals surface area (Å²) in [4.78, 5) is 0. The monoisotopic (exact) mass is 392 g/mol. The van der Waals surface area contributed by atoms with Gasteiger partial charge in [0.05, 0.1) is 18.8 Å². The van der Waals surface area contributed by atoms with Gasteiger partial charge in [-0.15, -0.1) is 8.93 Å². The van der Waals surface area contributed by atoms with Crippen LogP contribution in [-0.4, -0.2) is 39.8 Å². The number of hydrogen-bond donors (Lipinski definition) is 0. The molecule has 0 N–H and O–H groups in total. The fourth-order valence-corrected chi connectivity index (χ4v) is 5.34. The van der Waals surface area contributed by atoms with Crippen molar-refractivity contribution in [3.63, 3.8) is 0 Å². The molecule has 1 heterocycles. The Balaban J connectivity index is 2.97. The zero-order valence-corrected chi connectivity index (χ0v) is 20.1. The van der Waals surface area contributed by atoms with E-state index < -0.39 is 8.32 Å². The first-order valence-corrected chi connectivity index (χ1v) is 15.2. The normalized spacial score (nSPS) is 29.8. The standard InChI is InChI=1S/C18H38O3P2Si/c1-12(2)15(21-24(9,10)18(5,6)7)14(4)16-13(3)11-19-17(20-16)23(8)22/h13-17H,1,11,22H2,2-10H3/t13-,14-,15+,16-,17?,23?/m0/s1. The van der Waals surface area contributed by atoms with E-state index >= 15 is 0 Å². The van der Waals surface area contributed by atoms with Crippen molar-refractivity contribution in [3.8, 4) is 0 Å². The average molecular weight is 393 g/mol. The molecule has 24 heavy (non-hydrogen) atoms. The largest absolute Gasteiger partial charge is 0.410 e. The third-order valence-electron chi connectivity index (χ3n) is 5.38. The van der Waals surface area contributed by atoms with Gasteiger partial charge < -0.3 is 13.9 Å². The Morgan fingerprint density at radius 2 is 1.92 bits per heavy atom. The molecule has 1 aliphatic rings. The van der Waals surface area contributed by atoms with E-state index in [0.29, 0.717) is 5.92 Å². The first-order chi connectivity index (χ1) is 10.8. The highest BCUT2D eigenvalue weighted by Crippen LogP contribution is 2.50. The Morgan fingerprint density at radius 3 is 2.33 bits per heavy atom. The maximum atomic E-state index is 6.74. The molecule has 0 aromatic rings. The van der Waals surface area contributed by atoms with Crippen LogP contribution in [0.4, 0.5) is 0 Å². The molecule has 1 saturated heterocycles. The first-order valence-electron chi connectivity index (χ1n) is 8.85. The van der Waals surface area contributed by atoms with Gasteiger partial charge in [0, 0.05) is 11.8 Å². The minimum absolute atomic E-state index is 0.0321. The number of ether oxygens (including phenoxy) is 2. The van der Waals surface area contributed by atoms with Crippen molar-refractivity contribution in [2.75, 3.05) is 13.3 Å². The van der Waals surface area contributed by atoms with Gasteiger partial charge in [0.15, 0.2) is 14.3 Å². The van der Waals surface area contributed by atoms with E-state index in [0.717, 1.165) is 12.2 Å². The van der Waals surface area contributed by atoms with Gasteiger partial charge in [-0.1, -0.05) is 46.8 Å². The van der Waals surface area contributed by atoms with Crippen LogP contribution >= 0.6 is 16.5 Å². The summed E-state index contributed by atoms with van der Waals surface area (Å²) in [5.74, 6) is 0.624. The van der Waals surface area contributed by atoms with Gasteiger partial charge in [0.2, 0.25) is 0 Å². The van der Waals surface area contributed by atoms with E-state index in [1.807, 2.05) is 0 Å². The first kappa shape index (κ1) is 22.7. The molecule has 0 saturated carbocycles. The lowest BCUT2D eigenvalue weighted by Gasteiger charge is -2.45. The predicted molar refractivity (Wildman–Crippen MR) is 112 cm³/mol. The zero-order valence-electron chi connectivity index (χ0n) is 17.1. The molecule has 1 rings (SSSR count). The highest BCUT2D eigenvalue weighted by Gasteiger charge is 2.43. The van der Waals surface area contributed by atoms with Gasteiger partial charge in [0.25, 0.3) is 0 Å². The van der Waals surface area contributed by atoms with Crippen LogP contribution in [0.3, 0.4) is 0 Å². The molecule has 142 valence electrons. The molecule has 0 spiro atoms. The SMILES string of the molecule is C=C(C)[C@@H](O[Si](C)(C)C(C)(C)C)[C@H](C)[C@H]1OC(P(C)P)OC[C@@H]1C. The van der Waals surface area contributed by atoms with Crippen molar-refractivity contribution in [3.05, 3.63) is 12.2 Å². The van der Waals surface area contributed by atoms with Gasteiger partial charge in [-0.2, -0.15) is 0 Å². The van der Waals surface area contributed by atoms with E-state index in [4.69, 9.17) is 13.9 Å². The zero-order chi connectivity index (χ0) is 18.9. The molecular formula is C18H38O3P2Si. The van der Waals surface area contributed by atoms with Crippen molar-refractivity contribution in [1.29, 1.82) is 0 Å². The smallest absolute Gasteiger partial charge is 0.192 e. The van der Waals surface area contributed by atoms with Crippen molar-refractivity contribution in [2.45, 2.75) is 77.9 Å². The summed E-state index contributed by atoms with van der Waals surface area (Å²) in [6.07, 6.45) is 0.172. The Morgan fingerprint density at radius 1 is 1.38 bits per heavy atom.